The molecule has 1 fully saturated rings. The SMILES string of the molecule is O=C(O)C(Cc1ccccc1Br)C1CC1. The fourth-order valence-electron chi connectivity index (χ4n) is 1.86. The zero-order valence-corrected chi connectivity index (χ0v) is 9.90. The van der Waals surface area contributed by atoms with Crippen LogP contribution in [0.1, 0.15) is 18.4 Å². The van der Waals surface area contributed by atoms with Crippen LogP contribution in [-0.4, -0.2) is 11.1 Å². The molecular formula is C12H13BrO2. The third kappa shape index (κ3) is 2.59. The van der Waals surface area contributed by atoms with Crippen LogP contribution in [0.4, 0.5) is 0 Å². The highest BCUT2D eigenvalue weighted by Crippen LogP contribution is 2.39. The molecule has 0 heterocycles. The van der Waals surface area contributed by atoms with E-state index < -0.39 is 5.97 Å². The largest absolute Gasteiger partial charge is 0.481 e. The highest BCUT2D eigenvalue weighted by Gasteiger charge is 2.36. The number of hydrogen-bond acceptors (Lipinski definition) is 1. The molecule has 1 unspecified atom stereocenters. The van der Waals surface area contributed by atoms with Gasteiger partial charge in [0.25, 0.3) is 0 Å². The van der Waals surface area contributed by atoms with Crippen LogP contribution in [0.5, 0.6) is 0 Å². The highest BCUT2D eigenvalue weighted by molar-refractivity contribution is 9.10. The van der Waals surface area contributed by atoms with E-state index in [1.54, 1.807) is 0 Å². The molecule has 2 nitrogen and oxygen atoms in total. The van der Waals surface area contributed by atoms with Crippen molar-refractivity contribution in [1.29, 1.82) is 0 Å². The third-order valence-corrected chi connectivity index (χ3v) is 3.68. The monoisotopic (exact) mass is 268 g/mol. The van der Waals surface area contributed by atoms with Crippen molar-refractivity contribution in [3.05, 3.63) is 34.3 Å². The maximum Gasteiger partial charge on any atom is 0.307 e. The van der Waals surface area contributed by atoms with E-state index in [1.165, 1.54) is 0 Å². The summed E-state index contributed by atoms with van der Waals surface area (Å²) in [6, 6.07) is 7.84. The summed E-state index contributed by atoms with van der Waals surface area (Å²) < 4.78 is 1.01. The molecule has 2 rings (SSSR count). The predicted octanol–water partition coefficient (Wildman–Crippen LogP) is 3.10. The van der Waals surface area contributed by atoms with E-state index in [2.05, 4.69) is 15.9 Å². The lowest BCUT2D eigenvalue weighted by Gasteiger charge is -2.12. The minimum absolute atomic E-state index is 0.205. The van der Waals surface area contributed by atoms with Gasteiger partial charge in [-0.15, -0.1) is 0 Å². The number of benzene rings is 1. The standard InChI is InChI=1S/C12H13BrO2/c13-11-4-2-1-3-9(11)7-10(12(14)15)8-5-6-8/h1-4,8,10H,5-7H2,(H,14,15). The van der Waals surface area contributed by atoms with Gasteiger partial charge in [0.05, 0.1) is 5.92 Å². The van der Waals surface area contributed by atoms with E-state index >= 15 is 0 Å². The van der Waals surface area contributed by atoms with Gasteiger partial charge in [0, 0.05) is 4.47 Å². The molecule has 1 atom stereocenters. The molecule has 1 N–H and O–H groups in total. The van der Waals surface area contributed by atoms with Crippen molar-refractivity contribution in [2.24, 2.45) is 11.8 Å². The first-order valence-electron chi connectivity index (χ1n) is 5.14. The predicted molar refractivity (Wildman–Crippen MR) is 61.7 cm³/mol. The second kappa shape index (κ2) is 4.35. The molecule has 1 aromatic carbocycles. The Morgan fingerprint density at radius 1 is 1.47 bits per heavy atom. The summed E-state index contributed by atoms with van der Waals surface area (Å²) >= 11 is 3.45. The minimum atomic E-state index is -0.659. The number of rotatable bonds is 4. The molecule has 0 radical (unpaired) electrons. The van der Waals surface area contributed by atoms with E-state index in [0.717, 1.165) is 22.9 Å². The number of halogens is 1. The van der Waals surface area contributed by atoms with Crippen LogP contribution >= 0.6 is 15.9 Å². The van der Waals surface area contributed by atoms with Crippen molar-refractivity contribution in [3.8, 4) is 0 Å². The second-order valence-corrected chi connectivity index (χ2v) is 4.93. The van der Waals surface area contributed by atoms with Crippen molar-refractivity contribution < 1.29 is 9.90 Å². The van der Waals surface area contributed by atoms with Gasteiger partial charge < -0.3 is 5.11 Å². The Morgan fingerprint density at radius 3 is 2.67 bits per heavy atom. The van der Waals surface area contributed by atoms with Gasteiger partial charge in [-0.25, -0.2) is 0 Å². The van der Waals surface area contributed by atoms with Crippen molar-refractivity contribution in [2.75, 3.05) is 0 Å². The molecule has 80 valence electrons. The van der Waals surface area contributed by atoms with E-state index in [4.69, 9.17) is 5.11 Å². The fraction of sp³-hybridized carbons (Fsp3) is 0.417. The average Bonchev–Trinajstić information content (AvgIpc) is 2.99. The Bertz CT molecular complexity index is 372. The van der Waals surface area contributed by atoms with Crippen LogP contribution in [-0.2, 0) is 11.2 Å². The molecule has 1 aromatic rings. The Labute approximate surface area is 97.4 Å². The van der Waals surface area contributed by atoms with E-state index in [-0.39, 0.29) is 5.92 Å². The minimum Gasteiger partial charge on any atom is -0.481 e. The average molecular weight is 269 g/mol. The topological polar surface area (TPSA) is 37.3 Å². The number of hydrogen-bond donors (Lipinski definition) is 1. The highest BCUT2D eigenvalue weighted by atomic mass is 79.9. The molecule has 1 saturated carbocycles. The summed E-state index contributed by atoms with van der Waals surface area (Å²) in [5.74, 6) is -0.466. The molecule has 0 aliphatic heterocycles. The van der Waals surface area contributed by atoms with Crippen LogP contribution in [0.2, 0.25) is 0 Å². The van der Waals surface area contributed by atoms with Crippen LogP contribution in [0.25, 0.3) is 0 Å². The van der Waals surface area contributed by atoms with Gasteiger partial charge in [0.1, 0.15) is 0 Å². The lowest BCUT2D eigenvalue weighted by Crippen LogP contribution is -2.18. The van der Waals surface area contributed by atoms with Gasteiger partial charge in [-0.2, -0.15) is 0 Å². The molecule has 0 saturated heterocycles. The summed E-state index contributed by atoms with van der Waals surface area (Å²) in [5, 5.41) is 9.12. The second-order valence-electron chi connectivity index (χ2n) is 4.08. The lowest BCUT2D eigenvalue weighted by molar-refractivity contribution is -0.142. The lowest BCUT2D eigenvalue weighted by atomic mass is 9.95. The van der Waals surface area contributed by atoms with Crippen LogP contribution in [0.15, 0.2) is 28.7 Å². The number of carboxylic acid groups (broad SMARTS) is 1. The molecule has 0 spiro atoms. The summed E-state index contributed by atoms with van der Waals surface area (Å²) in [6.07, 6.45) is 2.78. The molecule has 15 heavy (non-hydrogen) atoms. The Kier molecular flexibility index (Phi) is 3.10. The summed E-state index contributed by atoms with van der Waals surface area (Å²) in [4.78, 5) is 11.1. The Balaban J connectivity index is 2.12. The first kappa shape index (κ1) is 10.7. The zero-order chi connectivity index (χ0) is 10.8. The van der Waals surface area contributed by atoms with E-state index in [1.807, 2.05) is 24.3 Å². The molecule has 0 amide bonds. The maximum atomic E-state index is 11.1. The Morgan fingerprint density at radius 2 is 2.13 bits per heavy atom. The van der Waals surface area contributed by atoms with Gasteiger partial charge in [-0.1, -0.05) is 34.1 Å². The number of aliphatic carboxylic acids is 1. The van der Waals surface area contributed by atoms with Gasteiger partial charge in [-0.05, 0) is 36.8 Å². The summed E-state index contributed by atoms with van der Waals surface area (Å²) in [7, 11) is 0. The van der Waals surface area contributed by atoms with Crippen molar-refractivity contribution >= 4 is 21.9 Å². The Hall–Kier alpha value is -0.830. The van der Waals surface area contributed by atoms with Crippen molar-refractivity contribution in [1.82, 2.24) is 0 Å². The van der Waals surface area contributed by atoms with Crippen LogP contribution in [0, 0.1) is 11.8 Å². The molecule has 3 heteroatoms. The van der Waals surface area contributed by atoms with Crippen LogP contribution < -0.4 is 0 Å². The quantitative estimate of drug-likeness (QED) is 0.911. The van der Waals surface area contributed by atoms with Gasteiger partial charge in [0.2, 0.25) is 0 Å². The smallest absolute Gasteiger partial charge is 0.307 e. The molecule has 0 aromatic heterocycles. The summed E-state index contributed by atoms with van der Waals surface area (Å²) in [6.45, 7) is 0. The summed E-state index contributed by atoms with van der Waals surface area (Å²) in [5.41, 5.74) is 1.09. The maximum absolute atomic E-state index is 11.1. The zero-order valence-electron chi connectivity index (χ0n) is 8.32. The van der Waals surface area contributed by atoms with E-state index in [0.29, 0.717) is 12.3 Å². The molecular weight excluding hydrogens is 256 g/mol. The molecule has 1 aliphatic carbocycles. The number of carbonyl (C=O) groups is 1. The molecule has 1 aliphatic rings. The fourth-order valence-corrected chi connectivity index (χ4v) is 2.30. The van der Waals surface area contributed by atoms with Crippen molar-refractivity contribution in [2.45, 2.75) is 19.3 Å². The van der Waals surface area contributed by atoms with E-state index in [9.17, 15) is 4.79 Å². The normalized spacial score (nSPS) is 17.4. The first-order valence-corrected chi connectivity index (χ1v) is 5.94. The van der Waals surface area contributed by atoms with Gasteiger partial charge in [0.15, 0.2) is 0 Å². The third-order valence-electron chi connectivity index (χ3n) is 2.91. The first-order chi connectivity index (χ1) is 7.18. The van der Waals surface area contributed by atoms with Gasteiger partial charge in [-0.3, -0.25) is 4.79 Å². The van der Waals surface area contributed by atoms with Gasteiger partial charge >= 0.3 is 5.97 Å². The van der Waals surface area contributed by atoms with Crippen LogP contribution in [0.3, 0.4) is 0 Å². The van der Waals surface area contributed by atoms with Crippen molar-refractivity contribution in [3.63, 3.8) is 0 Å². The molecule has 0 bridgehead atoms. The number of carboxylic acids is 1.